The van der Waals surface area contributed by atoms with Gasteiger partial charge in [-0.15, -0.1) is 11.6 Å². The van der Waals surface area contributed by atoms with Gasteiger partial charge in [-0.25, -0.2) is 0 Å². The maximum Gasteiger partial charge on any atom is 0.242 e. The molecule has 0 saturated carbocycles. The molecule has 3 nitrogen and oxygen atoms in total. The van der Waals surface area contributed by atoms with Gasteiger partial charge in [-0.1, -0.05) is 0 Å². The third-order valence-electron chi connectivity index (χ3n) is 1.86. The first-order valence-electron chi connectivity index (χ1n) is 4.43. The molecule has 6 heteroatoms. The molecule has 0 aliphatic rings. The molecule has 1 rings (SSSR count). The van der Waals surface area contributed by atoms with Crippen LogP contribution in [-0.2, 0) is 4.79 Å². The summed E-state index contributed by atoms with van der Waals surface area (Å²) >= 11 is 12.4. The van der Waals surface area contributed by atoms with Gasteiger partial charge in [0.05, 0.1) is 17.3 Å². The molecule has 1 aromatic rings. The molecule has 88 valence electrons. The van der Waals surface area contributed by atoms with Crippen LogP contribution in [0.4, 0.5) is 5.69 Å². The molecule has 0 radical (unpaired) electrons. The fourth-order valence-electron chi connectivity index (χ4n) is 1.01. The highest BCUT2D eigenvalue weighted by Gasteiger charge is 2.13. The summed E-state index contributed by atoms with van der Waals surface area (Å²) in [5.41, 5.74) is 0.623. The van der Waals surface area contributed by atoms with Crippen LogP contribution in [0.5, 0.6) is 5.75 Å². The molecule has 0 heterocycles. The van der Waals surface area contributed by atoms with E-state index in [2.05, 4.69) is 37.2 Å². The topological polar surface area (TPSA) is 38.3 Å². The molecule has 0 spiro atoms. The highest BCUT2D eigenvalue weighted by atomic mass is 79.9. The van der Waals surface area contributed by atoms with Crippen molar-refractivity contribution in [1.29, 1.82) is 0 Å². The number of ether oxygens (including phenoxy) is 1. The zero-order valence-electron chi connectivity index (χ0n) is 8.68. The number of alkyl halides is 1. The smallest absolute Gasteiger partial charge is 0.242 e. The molecule has 16 heavy (non-hydrogen) atoms. The van der Waals surface area contributed by atoms with Gasteiger partial charge in [0, 0.05) is 10.5 Å². The number of rotatable bonds is 3. The zero-order valence-corrected chi connectivity index (χ0v) is 12.6. The maximum atomic E-state index is 11.4. The van der Waals surface area contributed by atoms with E-state index in [9.17, 15) is 4.79 Å². The Labute approximate surface area is 116 Å². The lowest BCUT2D eigenvalue weighted by Gasteiger charge is -2.11. The number of hydrogen-bond acceptors (Lipinski definition) is 2. The molecule has 0 bridgehead atoms. The molecule has 1 unspecified atom stereocenters. The normalized spacial score (nSPS) is 12.1. The third kappa shape index (κ3) is 3.37. The lowest BCUT2D eigenvalue weighted by Crippen LogP contribution is -2.20. The van der Waals surface area contributed by atoms with Crippen molar-refractivity contribution >= 4 is 55.1 Å². The van der Waals surface area contributed by atoms with E-state index in [1.165, 1.54) is 0 Å². The van der Waals surface area contributed by atoms with Crippen molar-refractivity contribution in [2.24, 2.45) is 0 Å². The van der Waals surface area contributed by atoms with Gasteiger partial charge >= 0.3 is 0 Å². The van der Waals surface area contributed by atoms with Crippen molar-refractivity contribution < 1.29 is 9.53 Å². The van der Waals surface area contributed by atoms with Gasteiger partial charge in [-0.3, -0.25) is 4.79 Å². The highest BCUT2D eigenvalue weighted by molar-refractivity contribution is 9.11. The van der Waals surface area contributed by atoms with E-state index in [1.807, 2.05) is 0 Å². The molecule has 0 fully saturated rings. The van der Waals surface area contributed by atoms with Gasteiger partial charge in [0.1, 0.15) is 11.1 Å². The lowest BCUT2D eigenvalue weighted by atomic mass is 10.3. The minimum Gasteiger partial charge on any atom is -0.495 e. The van der Waals surface area contributed by atoms with Crippen LogP contribution in [0.3, 0.4) is 0 Å². The summed E-state index contributed by atoms with van der Waals surface area (Å²) in [6, 6.07) is 3.51. The number of halogens is 3. The Kier molecular flexibility index (Phi) is 5.08. The first kappa shape index (κ1) is 13.8. The summed E-state index contributed by atoms with van der Waals surface area (Å²) in [6.07, 6.45) is 0. The standard InChI is InChI=1S/C10H10Br2ClNO2/c1-5(13)10(15)14-8-4-9(16-2)7(12)3-6(8)11/h3-5H,1-2H3,(H,14,15). The molecule has 0 aromatic heterocycles. The minimum absolute atomic E-state index is 0.258. The van der Waals surface area contributed by atoms with E-state index in [4.69, 9.17) is 16.3 Å². The Morgan fingerprint density at radius 1 is 1.44 bits per heavy atom. The summed E-state index contributed by atoms with van der Waals surface area (Å²) < 4.78 is 6.69. The van der Waals surface area contributed by atoms with Crippen molar-refractivity contribution in [3.63, 3.8) is 0 Å². The minimum atomic E-state index is -0.582. The molecular weight excluding hydrogens is 361 g/mol. The lowest BCUT2D eigenvalue weighted by molar-refractivity contribution is -0.115. The van der Waals surface area contributed by atoms with Gasteiger partial charge in [-0.2, -0.15) is 0 Å². The van der Waals surface area contributed by atoms with Crippen molar-refractivity contribution in [2.45, 2.75) is 12.3 Å². The predicted octanol–water partition coefficient (Wildman–Crippen LogP) is 3.79. The second kappa shape index (κ2) is 5.89. The van der Waals surface area contributed by atoms with E-state index in [1.54, 1.807) is 26.2 Å². The van der Waals surface area contributed by atoms with Crippen LogP contribution in [-0.4, -0.2) is 18.4 Å². The molecule has 0 aliphatic carbocycles. The number of carbonyl (C=O) groups excluding carboxylic acids is 1. The largest absolute Gasteiger partial charge is 0.495 e. The molecule has 1 aromatic carbocycles. The van der Waals surface area contributed by atoms with Crippen LogP contribution in [0.2, 0.25) is 0 Å². The van der Waals surface area contributed by atoms with Gasteiger partial charge in [-0.05, 0) is 44.8 Å². The van der Waals surface area contributed by atoms with Crippen molar-refractivity contribution in [3.8, 4) is 5.75 Å². The molecular formula is C10H10Br2ClNO2. The number of anilines is 1. The van der Waals surface area contributed by atoms with E-state index in [-0.39, 0.29) is 5.91 Å². The van der Waals surface area contributed by atoms with Crippen molar-refractivity contribution in [3.05, 3.63) is 21.1 Å². The second-order valence-corrected chi connectivity index (χ2v) is 5.44. The fourth-order valence-corrected chi connectivity index (χ4v) is 2.32. The van der Waals surface area contributed by atoms with Gasteiger partial charge in [0.25, 0.3) is 0 Å². The van der Waals surface area contributed by atoms with Crippen LogP contribution in [0, 0.1) is 0 Å². The monoisotopic (exact) mass is 369 g/mol. The number of amides is 1. The third-order valence-corrected chi connectivity index (χ3v) is 3.33. The Balaban J connectivity index is 3.00. The quantitative estimate of drug-likeness (QED) is 0.821. The average molecular weight is 371 g/mol. The Morgan fingerprint density at radius 2 is 2.06 bits per heavy atom. The molecule has 1 amide bonds. The molecule has 0 saturated heterocycles. The van der Waals surface area contributed by atoms with Crippen LogP contribution < -0.4 is 10.1 Å². The van der Waals surface area contributed by atoms with E-state index in [0.29, 0.717) is 11.4 Å². The van der Waals surface area contributed by atoms with Crippen molar-refractivity contribution in [2.75, 3.05) is 12.4 Å². The zero-order chi connectivity index (χ0) is 12.3. The number of nitrogens with one attached hydrogen (secondary N) is 1. The molecule has 1 atom stereocenters. The Bertz CT molecular complexity index is 410. The first-order chi connectivity index (χ1) is 7.45. The summed E-state index contributed by atoms with van der Waals surface area (Å²) in [5, 5.41) is 2.11. The summed E-state index contributed by atoms with van der Waals surface area (Å²) in [4.78, 5) is 11.4. The van der Waals surface area contributed by atoms with Gasteiger partial charge in [0.2, 0.25) is 5.91 Å². The summed E-state index contributed by atoms with van der Waals surface area (Å²) in [5.74, 6) is 0.382. The summed E-state index contributed by atoms with van der Waals surface area (Å²) in [7, 11) is 1.56. The van der Waals surface area contributed by atoms with Gasteiger partial charge < -0.3 is 10.1 Å². The van der Waals surface area contributed by atoms with Crippen LogP contribution >= 0.6 is 43.5 Å². The maximum absolute atomic E-state index is 11.4. The van der Waals surface area contributed by atoms with Crippen molar-refractivity contribution in [1.82, 2.24) is 0 Å². The average Bonchev–Trinajstić information content (AvgIpc) is 2.21. The number of benzene rings is 1. The number of methoxy groups -OCH3 is 1. The first-order valence-corrected chi connectivity index (χ1v) is 6.46. The van der Waals surface area contributed by atoms with E-state index >= 15 is 0 Å². The van der Waals surface area contributed by atoms with Crippen LogP contribution in [0.25, 0.3) is 0 Å². The second-order valence-electron chi connectivity index (χ2n) is 3.07. The number of hydrogen-bond donors (Lipinski definition) is 1. The molecule has 1 N–H and O–H groups in total. The predicted molar refractivity (Wildman–Crippen MR) is 72.3 cm³/mol. The van der Waals surface area contributed by atoms with Crippen LogP contribution in [0.15, 0.2) is 21.1 Å². The van der Waals surface area contributed by atoms with Crippen LogP contribution in [0.1, 0.15) is 6.92 Å². The SMILES string of the molecule is COc1cc(NC(=O)C(C)Cl)c(Br)cc1Br. The molecule has 0 aliphatic heterocycles. The van der Waals surface area contributed by atoms with E-state index < -0.39 is 5.38 Å². The highest BCUT2D eigenvalue weighted by Crippen LogP contribution is 2.34. The Morgan fingerprint density at radius 3 is 2.56 bits per heavy atom. The summed E-state index contributed by atoms with van der Waals surface area (Å²) in [6.45, 7) is 1.61. The van der Waals surface area contributed by atoms with E-state index in [0.717, 1.165) is 8.95 Å². The fraction of sp³-hybridized carbons (Fsp3) is 0.300. The number of carbonyl (C=O) groups is 1. The Hall–Kier alpha value is -0.260. The van der Waals surface area contributed by atoms with Gasteiger partial charge in [0.15, 0.2) is 0 Å².